The van der Waals surface area contributed by atoms with Gasteiger partial charge in [0, 0.05) is 18.0 Å². The molecule has 0 fully saturated rings. The summed E-state index contributed by atoms with van der Waals surface area (Å²) in [5.74, 6) is 0. The number of nitrogens with zero attached hydrogens (tertiary/aromatic N) is 3. The van der Waals surface area contributed by atoms with E-state index in [0.717, 1.165) is 6.54 Å². The van der Waals surface area contributed by atoms with Gasteiger partial charge in [0.15, 0.2) is 0 Å². The second kappa shape index (κ2) is 3.79. The Hall–Kier alpha value is -0.730. The molecule has 0 spiro atoms. The van der Waals surface area contributed by atoms with E-state index in [9.17, 15) is 0 Å². The minimum Gasteiger partial charge on any atom is -0.336 e. The maximum atomic E-state index is 4.44. The highest BCUT2D eigenvalue weighted by Gasteiger charge is 2.37. The molecule has 0 bridgehead atoms. The third-order valence-electron chi connectivity index (χ3n) is 2.59. The first-order valence-corrected chi connectivity index (χ1v) is 5.46. The summed E-state index contributed by atoms with van der Waals surface area (Å²) in [6.07, 6.45) is 2.37. The number of hydrogen-bond acceptors (Lipinski definition) is 3. The van der Waals surface area contributed by atoms with Crippen molar-refractivity contribution in [1.82, 2.24) is 9.91 Å². The fourth-order valence-corrected chi connectivity index (χ4v) is 1.97. The third kappa shape index (κ3) is 2.02. The first-order chi connectivity index (χ1) is 6.38. The van der Waals surface area contributed by atoms with Crippen LogP contribution in [0.1, 0.15) is 41.5 Å². The number of rotatable bonds is 2. The Balaban J connectivity index is 2.85. The van der Waals surface area contributed by atoms with Crippen molar-refractivity contribution in [1.29, 1.82) is 0 Å². The fourth-order valence-electron chi connectivity index (χ4n) is 1.97. The lowest BCUT2D eigenvalue weighted by Crippen LogP contribution is -2.50. The van der Waals surface area contributed by atoms with E-state index < -0.39 is 0 Å². The van der Waals surface area contributed by atoms with Crippen LogP contribution in [0.25, 0.3) is 0 Å². The van der Waals surface area contributed by atoms with E-state index in [1.807, 2.05) is 6.34 Å². The quantitative estimate of drug-likeness (QED) is 0.676. The van der Waals surface area contributed by atoms with Crippen LogP contribution >= 0.6 is 0 Å². The van der Waals surface area contributed by atoms with E-state index >= 15 is 0 Å². The smallest absolute Gasteiger partial charge is 0.124 e. The van der Waals surface area contributed by atoms with Crippen LogP contribution in [-0.2, 0) is 0 Å². The highest BCUT2D eigenvalue weighted by Crippen LogP contribution is 2.30. The molecule has 3 nitrogen and oxygen atoms in total. The molecule has 1 aliphatic rings. The molecule has 0 aromatic heterocycles. The van der Waals surface area contributed by atoms with Crippen molar-refractivity contribution < 1.29 is 0 Å². The summed E-state index contributed by atoms with van der Waals surface area (Å²) >= 11 is 0. The maximum absolute atomic E-state index is 4.44. The Bertz CT molecular complexity index is 215. The van der Waals surface area contributed by atoms with Crippen LogP contribution in [0.4, 0.5) is 0 Å². The molecular formula is C11H23N3. The summed E-state index contributed by atoms with van der Waals surface area (Å²) in [6, 6.07) is 0.513. The molecule has 0 aliphatic carbocycles. The van der Waals surface area contributed by atoms with Crippen molar-refractivity contribution >= 4 is 6.34 Å². The van der Waals surface area contributed by atoms with Crippen LogP contribution in [-0.4, -0.2) is 35.0 Å². The zero-order valence-electron chi connectivity index (χ0n) is 10.3. The molecule has 1 unspecified atom stereocenters. The average Bonchev–Trinajstić information content (AvgIpc) is 2.45. The molecule has 0 N–H and O–H groups in total. The SMILES string of the molecule is CCN1N=CN(C(C)C)C1C(C)(C)C. The average molecular weight is 197 g/mol. The van der Waals surface area contributed by atoms with Gasteiger partial charge in [-0.2, -0.15) is 5.10 Å². The lowest BCUT2D eigenvalue weighted by molar-refractivity contribution is 0.0271. The summed E-state index contributed by atoms with van der Waals surface area (Å²) < 4.78 is 0. The highest BCUT2D eigenvalue weighted by atomic mass is 15.6. The topological polar surface area (TPSA) is 18.8 Å². The molecule has 0 saturated heterocycles. The Labute approximate surface area is 87.8 Å². The van der Waals surface area contributed by atoms with Crippen LogP contribution in [0.15, 0.2) is 5.10 Å². The van der Waals surface area contributed by atoms with Crippen molar-refractivity contribution in [2.24, 2.45) is 10.5 Å². The van der Waals surface area contributed by atoms with E-state index in [2.05, 4.69) is 56.6 Å². The fraction of sp³-hybridized carbons (Fsp3) is 0.909. The van der Waals surface area contributed by atoms with Crippen LogP contribution in [0, 0.1) is 5.41 Å². The van der Waals surface area contributed by atoms with Gasteiger partial charge < -0.3 is 4.90 Å². The first kappa shape index (κ1) is 11.3. The number of hydrogen-bond donors (Lipinski definition) is 0. The van der Waals surface area contributed by atoms with E-state index in [1.54, 1.807) is 0 Å². The van der Waals surface area contributed by atoms with Crippen molar-refractivity contribution in [2.75, 3.05) is 6.54 Å². The van der Waals surface area contributed by atoms with Crippen LogP contribution in [0.2, 0.25) is 0 Å². The zero-order valence-corrected chi connectivity index (χ0v) is 10.3. The molecule has 14 heavy (non-hydrogen) atoms. The Kier molecular flexibility index (Phi) is 3.07. The molecule has 1 aliphatic heterocycles. The van der Waals surface area contributed by atoms with E-state index in [-0.39, 0.29) is 5.41 Å². The molecule has 1 heterocycles. The van der Waals surface area contributed by atoms with Crippen molar-refractivity contribution in [3.63, 3.8) is 0 Å². The molecule has 3 heteroatoms. The Morgan fingerprint density at radius 1 is 1.36 bits per heavy atom. The normalized spacial score (nSPS) is 22.6. The van der Waals surface area contributed by atoms with Gasteiger partial charge >= 0.3 is 0 Å². The first-order valence-electron chi connectivity index (χ1n) is 5.46. The molecule has 1 atom stereocenters. The van der Waals surface area contributed by atoms with Crippen molar-refractivity contribution in [3.05, 3.63) is 0 Å². The van der Waals surface area contributed by atoms with Crippen LogP contribution < -0.4 is 0 Å². The minimum atomic E-state index is 0.233. The molecule has 0 aromatic rings. The number of hydrazone groups is 1. The lowest BCUT2D eigenvalue weighted by Gasteiger charge is -2.41. The summed E-state index contributed by atoms with van der Waals surface area (Å²) in [5.41, 5.74) is 0.233. The molecule has 1 rings (SSSR count). The largest absolute Gasteiger partial charge is 0.336 e. The van der Waals surface area contributed by atoms with Gasteiger partial charge in [-0.05, 0) is 20.8 Å². The molecule has 0 amide bonds. The molecular weight excluding hydrogens is 174 g/mol. The van der Waals surface area contributed by atoms with Crippen LogP contribution in [0.5, 0.6) is 0 Å². The third-order valence-corrected chi connectivity index (χ3v) is 2.59. The molecule has 0 radical (unpaired) electrons. The van der Waals surface area contributed by atoms with Gasteiger partial charge in [-0.1, -0.05) is 20.8 Å². The van der Waals surface area contributed by atoms with E-state index in [1.165, 1.54) is 0 Å². The molecule has 0 saturated carbocycles. The molecule has 0 aromatic carbocycles. The Morgan fingerprint density at radius 3 is 2.29 bits per heavy atom. The van der Waals surface area contributed by atoms with E-state index in [4.69, 9.17) is 0 Å². The summed E-state index contributed by atoms with van der Waals surface area (Å²) in [4.78, 5) is 2.34. The predicted molar refractivity (Wildman–Crippen MR) is 61.1 cm³/mol. The predicted octanol–water partition coefficient (Wildman–Crippen LogP) is 2.35. The lowest BCUT2D eigenvalue weighted by atomic mass is 9.90. The van der Waals surface area contributed by atoms with Gasteiger partial charge in [0.25, 0.3) is 0 Å². The molecule has 82 valence electrons. The zero-order chi connectivity index (χ0) is 10.9. The monoisotopic (exact) mass is 197 g/mol. The van der Waals surface area contributed by atoms with Gasteiger partial charge in [-0.25, -0.2) is 0 Å². The van der Waals surface area contributed by atoms with Crippen molar-refractivity contribution in [3.8, 4) is 0 Å². The van der Waals surface area contributed by atoms with Gasteiger partial charge in [0.2, 0.25) is 0 Å². The van der Waals surface area contributed by atoms with Gasteiger partial charge in [-0.3, -0.25) is 5.01 Å². The second-order valence-corrected chi connectivity index (χ2v) is 5.27. The summed E-state index contributed by atoms with van der Waals surface area (Å²) in [5, 5.41) is 6.61. The summed E-state index contributed by atoms with van der Waals surface area (Å²) in [6.45, 7) is 14.4. The Morgan fingerprint density at radius 2 is 1.93 bits per heavy atom. The van der Waals surface area contributed by atoms with Crippen molar-refractivity contribution in [2.45, 2.75) is 53.8 Å². The second-order valence-electron chi connectivity index (χ2n) is 5.27. The highest BCUT2D eigenvalue weighted by molar-refractivity contribution is 5.57. The maximum Gasteiger partial charge on any atom is 0.124 e. The van der Waals surface area contributed by atoms with Crippen LogP contribution in [0.3, 0.4) is 0 Å². The van der Waals surface area contributed by atoms with E-state index in [0.29, 0.717) is 12.2 Å². The van der Waals surface area contributed by atoms with Gasteiger partial charge in [-0.15, -0.1) is 0 Å². The van der Waals surface area contributed by atoms with Gasteiger partial charge in [0.05, 0.1) is 0 Å². The minimum absolute atomic E-state index is 0.233. The van der Waals surface area contributed by atoms with Gasteiger partial charge in [0.1, 0.15) is 12.5 Å². The standard InChI is InChI=1S/C11H23N3/c1-7-14-10(11(4,5)6)13(8-12-14)9(2)3/h8-10H,7H2,1-6H3. The summed E-state index contributed by atoms with van der Waals surface area (Å²) in [7, 11) is 0.